The van der Waals surface area contributed by atoms with Crippen molar-refractivity contribution in [2.24, 2.45) is 92.7 Å². The molecule has 0 heterocycles. The molecule has 0 aromatic heterocycles. The number of hydrogen-bond acceptors (Lipinski definition) is 4. The Bertz CT molecular complexity index is 1380. The van der Waals surface area contributed by atoms with Crippen LogP contribution in [0.2, 0.25) is 0 Å². The van der Waals surface area contributed by atoms with Crippen LogP contribution in [0.5, 0.6) is 0 Å². The predicted octanol–water partition coefficient (Wildman–Crippen LogP) is 11.8. The largest absolute Gasteiger partial charge is 0.393 e. The highest BCUT2D eigenvalue weighted by molar-refractivity contribution is 5.79. The van der Waals surface area contributed by atoms with Crippen molar-refractivity contribution in [1.29, 1.82) is 0 Å². The van der Waals surface area contributed by atoms with Crippen LogP contribution >= 0.6 is 0 Å². The van der Waals surface area contributed by atoms with E-state index in [0.717, 1.165) is 91.3 Å². The van der Waals surface area contributed by atoms with Gasteiger partial charge in [-0.25, -0.2) is 0 Å². The van der Waals surface area contributed by atoms with Gasteiger partial charge in [0, 0.05) is 5.92 Å². The molecule has 10 saturated carbocycles. The van der Waals surface area contributed by atoms with Crippen molar-refractivity contribution in [3.8, 4) is 0 Å². The Hall–Kier alpha value is -0.450. The van der Waals surface area contributed by atoms with Crippen molar-refractivity contribution in [2.45, 2.75) is 215 Å². The molecule has 10 aliphatic carbocycles. The Morgan fingerprint density at radius 2 is 0.944 bits per heavy atom. The Kier molecular flexibility index (Phi) is 10.9. The van der Waals surface area contributed by atoms with Gasteiger partial charge in [0.15, 0.2) is 0 Å². The fourth-order valence-corrected chi connectivity index (χ4v) is 18.7. The molecule has 0 amide bonds. The Morgan fingerprint density at radius 3 is 1.39 bits per heavy atom. The molecule has 4 heteroatoms. The summed E-state index contributed by atoms with van der Waals surface area (Å²) in [4.78, 5) is 12.3. The first-order chi connectivity index (χ1) is 24.6. The summed E-state index contributed by atoms with van der Waals surface area (Å²) in [6, 6.07) is 0. The second-order valence-electron chi connectivity index (χ2n) is 23.2. The average Bonchev–Trinajstić information content (AvgIpc) is 4.02. The zero-order valence-corrected chi connectivity index (χ0v) is 34.3. The molecular weight excluding hydrogens is 665 g/mol. The summed E-state index contributed by atoms with van der Waals surface area (Å²) >= 11 is 0. The molecule has 1 unspecified atom stereocenters. The number of aliphatic hydroxyl groups excluding tert-OH is 1. The number of rotatable bonds is 4. The lowest BCUT2D eigenvalue weighted by Crippen LogP contribution is -2.57. The molecule has 10 fully saturated rings. The van der Waals surface area contributed by atoms with E-state index in [-0.39, 0.29) is 26.4 Å². The minimum Gasteiger partial charge on any atom is -0.393 e. The van der Waals surface area contributed by atoms with Crippen LogP contribution in [0.1, 0.15) is 198 Å². The minimum absolute atomic E-state index is 0. The van der Waals surface area contributed by atoms with Crippen LogP contribution in [0.15, 0.2) is 0 Å². The van der Waals surface area contributed by atoms with Gasteiger partial charge in [0.1, 0.15) is 5.78 Å². The van der Waals surface area contributed by atoms with Gasteiger partial charge in [-0.15, -0.1) is 0 Å². The molecule has 0 radical (unpaired) electrons. The van der Waals surface area contributed by atoms with E-state index < -0.39 is 11.2 Å². The highest BCUT2D eigenvalue weighted by atomic mass is 16.3. The van der Waals surface area contributed by atoms with Crippen LogP contribution in [0, 0.1) is 92.7 Å². The lowest BCUT2D eigenvalue weighted by molar-refractivity contribution is -0.166. The normalized spacial score (nSPS) is 55.0. The number of Topliss-reactive ketones (excluding diaryl/α,β-unsaturated/α-hetero) is 1. The van der Waals surface area contributed by atoms with Gasteiger partial charge in [-0.05, 0) is 256 Å². The summed E-state index contributed by atoms with van der Waals surface area (Å²) in [5, 5.41) is 32.0. The maximum atomic E-state index is 12.3. The average molecular weight is 751 g/mol. The molecule has 0 bridgehead atoms. The third-order valence-corrected chi connectivity index (χ3v) is 20.9. The van der Waals surface area contributed by atoms with E-state index in [1.165, 1.54) is 109 Å². The van der Waals surface area contributed by atoms with E-state index >= 15 is 0 Å². The van der Waals surface area contributed by atoms with E-state index in [4.69, 9.17) is 0 Å². The first-order valence-corrected chi connectivity index (χ1v) is 23.2. The molecule has 0 aromatic rings. The number of aliphatic hydroxyl groups is 3. The van der Waals surface area contributed by atoms with Crippen molar-refractivity contribution in [2.75, 3.05) is 0 Å². The van der Waals surface area contributed by atoms with Crippen LogP contribution in [0.25, 0.3) is 0 Å². The molecule has 54 heavy (non-hydrogen) atoms. The number of hydrogen-bond donors (Lipinski definition) is 3. The van der Waals surface area contributed by atoms with Crippen molar-refractivity contribution in [3.63, 3.8) is 0 Å². The lowest BCUT2D eigenvalue weighted by atomic mass is 9.42. The van der Waals surface area contributed by atoms with Gasteiger partial charge in [0.2, 0.25) is 0 Å². The second kappa shape index (κ2) is 14.1. The Morgan fingerprint density at radius 1 is 0.519 bits per heavy atom. The minimum atomic E-state index is -0.424. The summed E-state index contributed by atoms with van der Waals surface area (Å²) in [6.45, 7) is 13.1. The quantitative estimate of drug-likeness (QED) is 0.267. The molecule has 10 rings (SSSR count). The zero-order chi connectivity index (χ0) is 36.6. The van der Waals surface area contributed by atoms with Crippen molar-refractivity contribution >= 4 is 5.78 Å². The highest BCUT2D eigenvalue weighted by Gasteiger charge is 2.67. The topological polar surface area (TPSA) is 77.8 Å². The van der Waals surface area contributed by atoms with E-state index in [9.17, 15) is 20.1 Å². The molecule has 310 valence electrons. The van der Waals surface area contributed by atoms with Gasteiger partial charge in [0.25, 0.3) is 0 Å². The molecule has 0 aromatic carbocycles. The smallest absolute Gasteiger partial charge is 0.133 e. The van der Waals surface area contributed by atoms with Crippen LogP contribution in [0.3, 0.4) is 0 Å². The predicted molar refractivity (Wildman–Crippen MR) is 222 cm³/mol. The maximum absolute atomic E-state index is 12.3. The van der Waals surface area contributed by atoms with E-state index in [1.807, 2.05) is 13.8 Å². The molecule has 4 nitrogen and oxygen atoms in total. The molecule has 3 N–H and O–H groups in total. The van der Waals surface area contributed by atoms with Crippen LogP contribution < -0.4 is 0 Å². The first kappa shape index (κ1) is 41.7. The second-order valence-corrected chi connectivity index (χ2v) is 23.2. The van der Waals surface area contributed by atoms with Crippen molar-refractivity contribution in [1.82, 2.24) is 0 Å². The SMILES string of the molecule is C.C.CC(=O)[C@H]1CC[C@H]2[C@@H]3CC[C@@H]4C[C@](C)(O)CC[C@]4(C4CC4)[C@H]3CC[C@]12C.CC(O)[C@H]1CC[C@H]2[C@@H]3CC[C@@H]4C[C@](C)(O)CC[C@]4(C4CC4)[C@H]3CC[C@]12C. The number of fused-ring (bicyclic) bond motifs is 10. The van der Waals surface area contributed by atoms with Gasteiger partial charge in [-0.3, -0.25) is 4.79 Å². The number of carbonyl (C=O) groups excluding carboxylic acids is 1. The van der Waals surface area contributed by atoms with Gasteiger partial charge < -0.3 is 15.3 Å². The molecule has 17 atom stereocenters. The maximum Gasteiger partial charge on any atom is 0.133 e. The monoisotopic (exact) mass is 751 g/mol. The van der Waals surface area contributed by atoms with Crippen LogP contribution in [-0.4, -0.2) is 38.4 Å². The first-order valence-electron chi connectivity index (χ1n) is 23.2. The summed E-state index contributed by atoms with van der Waals surface area (Å²) in [5.41, 5.74) is 0.935. The van der Waals surface area contributed by atoms with Crippen LogP contribution in [0.4, 0.5) is 0 Å². The van der Waals surface area contributed by atoms with Gasteiger partial charge in [-0.1, -0.05) is 28.7 Å². The fraction of sp³-hybridized carbons (Fsp3) is 0.980. The van der Waals surface area contributed by atoms with E-state index in [0.29, 0.717) is 33.9 Å². The molecule has 10 aliphatic rings. The summed E-state index contributed by atoms with van der Waals surface area (Å²) in [7, 11) is 0. The lowest BCUT2D eigenvalue weighted by Gasteiger charge is -2.63. The standard InChI is InChI=1S/C24H40O2.C24H38O2.2CH4/c2*1-15(25)19-8-9-20-18-7-6-17-14-22(2,26)12-13-24(17,16-4-5-16)21(18)10-11-23(19,20)3;;/h15-21,25-26H,4-14H2,1-3H3;16-21,26H,4-14H2,1-3H3;2*1H4/t15?,17-,18+,19-,20+,21+,22-,23-,24-;17-,18+,19-,20+,21+,22-,23-,24-;;/m11../s1. The zero-order valence-electron chi connectivity index (χ0n) is 34.3. The van der Waals surface area contributed by atoms with Gasteiger partial charge in [0.05, 0.1) is 17.3 Å². The van der Waals surface area contributed by atoms with E-state index in [2.05, 4.69) is 27.7 Å². The summed E-state index contributed by atoms with van der Waals surface area (Å²) < 4.78 is 0. The van der Waals surface area contributed by atoms with Gasteiger partial charge in [-0.2, -0.15) is 0 Å². The van der Waals surface area contributed by atoms with Crippen LogP contribution in [-0.2, 0) is 4.79 Å². The molecular formula is C50H86O4. The number of carbonyl (C=O) groups is 1. The fourth-order valence-electron chi connectivity index (χ4n) is 18.7. The molecule has 0 saturated heterocycles. The third kappa shape index (κ3) is 6.22. The van der Waals surface area contributed by atoms with E-state index in [1.54, 1.807) is 0 Å². The number of ketones is 1. The highest BCUT2D eigenvalue weighted by Crippen LogP contribution is 2.74. The van der Waals surface area contributed by atoms with Gasteiger partial charge >= 0.3 is 0 Å². The third-order valence-electron chi connectivity index (χ3n) is 20.9. The van der Waals surface area contributed by atoms with Crippen molar-refractivity contribution in [3.05, 3.63) is 0 Å². The summed E-state index contributed by atoms with van der Waals surface area (Å²) in [6.07, 6.45) is 28.3. The Balaban J connectivity index is 0.000000161. The molecule has 0 aliphatic heterocycles. The molecule has 0 spiro atoms. The summed E-state index contributed by atoms with van der Waals surface area (Å²) in [5.74, 6) is 9.94. The van der Waals surface area contributed by atoms with Crippen molar-refractivity contribution < 1.29 is 20.1 Å². The Labute approximate surface area is 332 Å².